The van der Waals surface area contributed by atoms with Crippen molar-refractivity contribution in [3.8, 4) is 0 Å². The lowest BCUT2D eigenvalue weighted by Crippen LogP contribution is -2.32. The number of sulfonamides is 1. The Morgan fingerprint density at radius 3 is 2.57 bits per heavy atom. The molecule has 0 aliphatic rings. The minimum absolute atomic E-state index is 0.130. The number of nitrogens with zero attached hydrogens (tertiary/aromatic N) is 3. The maximum atomic E-state index is 12.1. The molecule has 0 bridgehead atoms. The average Bonchev–Trinajstić information content (AvgIpc) is 3.02. The summed E-state index contributed by atoms with van der Waals surface area (Å²) in [5.74, 6) is -0.580. The summed E-state index contributed by atoms with van der Waals surface area (Å²) in [7, 11) is -0.597. The van der Waals surface area contributed by atoms with Gasteiger partial charge >= 0.3 is 5.97 Å². The average molecular weight is 477 g/mol. The number of hydrogen-bond acceptors (Lipinski definition) is 6. The summed E-state index contributed by atoms with van der Waals surface area (Å²) >= 11 is 11.8. The number of hydrogen-bond donors (Lipinski definition) is 1. The molecule has 2 rings (SSSR count). The van der Waals surface area contributed by atoms with Gasteiger partial charge in [-0.25, -0.2) is 18.1 Å². The van der Waals surface area contributed by atoms with E-state index in [0.29, 0.717) is 15.9 Å². The molecule has 30 heavy (non-hydrogen) atoms. The molecule has 0 saturated carbocycles. The summed E-state index contributed by atoms with van der Waals surface area (Å²) in [5, 5.41) is 0.664. The Balaban J connectivity index is 1.75. The van der Waals surface area contributed by atoms with Crippen molar-refractivity contribution in [2.24, 2.45) is 7.05 Å². The highest BCUT2D eigenvalue weighted by Crippen LogP contribution is 2.23. The summed E-state index contributed by atoms with van der Waals surface area (Å²) in [6, 6.07) is 5.01. The number of esters is 1. The van der Waals surface area contributed by atoms with E-state index < -0.39 is 28.5 Å². The molecular weight excluding hydrogens is 455 g/mol. The Labute approximate surface area is 185 Å². The van der Waals surface area contributed by atoms with Crippen molar-refractivity contribution in [1.82, 2.24) is 19.2 Å². The number of ether oxygens (including phenoxy) is 1. The standard InChI is InChI=1S/C18H22Cl2N4O5S/c1-12-22-16(10-23(12)2)30(27,28)21-7-6-18(26)29-11-17(25)24(3)9-13-4-5-14(19)15(20)8-13/h4-5,8,10,21H,6-7,9,11H2,1-3H3. The van der Waals surface area contributed by atoms with Crippen molar-refractivity contribution in [3.63, 3.8) is 0 Å². The van der Waals surface area contributed by atoms with Crippen LogP contribution >= 0.6 is 23.2 Å². The van der Waals surface area contributed by atoms with Gasteiger partial charge in [0, 0.05) is 33.4 Å². The molecule has 164 valence electrons. The topological polar surface area (TPSA) is 111 Å². The normalized spacial score (nSPS) is 11.4. The van der Waals surface area contributed by atoms with Gasteiger partial charge in [0.1, 0.15) is 5.82 Å². The minimum Gasteiger partial charge on any atom is -0.456 e. The molecule has 1 heterocycles. The number of benzene rings is 1. The minimum atomic E-state index is -3.83. The third kappa shape index (κ3) is 6.69. The second-order valence-corrected chi connectivity index (χ2v) is 9.07. The Bertz CT molecular complexity index is 1020. The lowest BCUT2D eigenvalue weighted by Gasteiger charge is -2.17. The Morgan fingerprint density at radius 1 is 1.27 bits per heavy atom. The van der Waals surface area contributed by atoms with Crippen LogP contribution in [0.5, 0.6) is 0 Å². The van der Waals surface area contributed by atoms with Crippen LogP contribution in [-0.2, 0) is 37.9 Å². The predicted octanol–water partition coefficient (Wildman–Crippen LogP) is 1.91. The van der Waals surface area contributed by atoms with Crippen molar-refractivity contribution < 1.29 is 22.7 Å². The molecule has 0 fully saturated rings. The molecule has 12 heteroatoms. The zero-order chi connectivity index (χ0) is 22.5. The molecule has 1 N–H and O–H groups in total. The number of carbonyl (C=O) groups is 2. The van der Waals surface area contributed by atoms with Gasteiger partial charge in [0.2, 0.25) is 0 Å². The largest absolute Gasteiger partial charge is 0.456 e. The summed E-state index contributed by atoms with van der Waals surface area (Å²) < 4.78 is 33.0. The number of amides is 1. The van der Waals surface area contributed by atoms with Crippen LogP contribution in [-0.4, -0.2) is 54.9 Å². The van der Waals surface area contributed by atoms with Gasteiger partial charge in [-0.2, -0.15) is 0 Å². The van der Waals surface area contributed by atoms with Gasteiger partial charge in [-0.15, -0.1) is 0 Å². The van der Waals surface area contributed by atoms with E-state index in [1.165, 1.54) is 11.1 Å². The van der Waals surface area contributed by atoms with Gasteiger partial charge in [-0.05, 0) is 24.6 Å². The first-order valence-electron chi connectivity index (χ1n) is 8.82. The van der Waals surface area contributed by atoms with Gasteiger partial charge < -0.3 is 14.2 Å². The molecule has 0 radical (unpaired) electrons. The quantitative estimate of drug-likeness (QED) is 0.553. The third-order valence-corrected chi connectivity index (χ3v) is 6.24. The molecule has 1 aromatic carbocycles. The van der Waals surface area contributed by atoms with Gasteiger partial charge in [0.15, 0.2) is 11.6 Å². The molecule has 9 nitrogen and oxygen atoms in total. The fraction of sp³-hybridized carbons (Fsp3) is 0.389. The number of rotatable bonds is 9. The highest BCUT2D eigenvalue weighted by molar-refractivity contribution is 7.89. The van der Waals surface area contributed by atoms with E-state index in [2.05, 4.69) is 9.71 Å². The van der Waals surface area contributed by atoms with Crippen LogP contribution in [0.25, 0.3) is 0 Å². The van der Waals surface area contributed by atoms with Gasteiger partial charge in [-0.3, -0.25) is 9.59 Å². The summed E-state index contributed by atoms with van der Waals surface area (Å²) in [5.41, 5.74) is 0.769. The van der Waals surface area contributed by atoms with Crippen molar-refractivity contribution in [3.05, 3.63) is 45.8 Å². The first-order chi connectivity index (χ1) is 14.0. The van der Waals surface area contributed by atoms with E-state index in [-0.39, 0.29) is 24.5 Å². The van der Waals surface area contributed by atoms with Crippen LogP contribution in [0.4, 0.5) is 0 Å². The molecule has 0 saturated heterocycles. The Hall–Kier alpha value is -2.14. The van der Waals surface area contributed by atoms with Crippen LogP contribution < -0.4 is 4.72 Å². The maximum absolute atomic E-state index is 12.1. The molecule has 1 amide bonds. The van der Waals surface area contributed by atoms with E-state index in [1.807, 2.05) is 0 Å². The monoisotopic (exact) mass is 476 g/mol. The van der Waals surface area contributed by atoms with Crippen molar-refractivity contribution in [2.45, 2.75) is 24.9 Å². The molecular formula is C18H22Cl2N4O5S. The highest BCUT2D eigenvalue weighted by Gasteiger charge is 2.19. The second-order valence-electron chi connectivity index (χ2n) is 6.54. The fourth-order valence-electron chi connectivity index (χ4n) is 2.34. The summed E-state index contributed by atoms with van der Waals surface area (Å²) in [4.78, 5) is 29.2. The van der Waals surface area contributed by atoms with Gasteiger partial charge in [0.05, 0.1) is 16.5 Å². The molecule has 0 aliphatic heterocycles. The molecule has 0 atom stereocenters. The zero-order valence-electron chi connectivity index (χ0n) is 16.7. The number of aryl methyl sites for hydroxylation is 2. The fourth-order valence-corrected chi connectivity index (χ4v) is 3.73. The number of nitrogens with one attached hydrogen (secondary N) is 1. The number of aromatic nitrogens is 2. The maximum Gasteiger partial charge on any atom is 0.307 e. The van der Waals surface area contributed by atoms with E-state index in [1.54, 1.807) is 43.8 Å². The van der Waals surface area contributed by atoms with E-state index >= 15 is 0 Å². The van der Waals surface area contributed by atoms with E-state index in [0.717, 1.165) is 5.56 Å². The van der Waals surface area contributed by atoms with Crippen LogP contribution in [0.2, 0.25) is 10.0 Å². The Kier molecular flexibility index (Phi) is 8.25. The number of halogens is 2. The highest BCUT2D eigenvalue weighted by atomic mass is 35.5. The predicted molar refractivity (Wildman–Crippen MR) is 112 cm³/mol. The lowest BCUT2D eigenvalue weighted by atomic mass is 10.2. The number of carbonyl (C=O) groups excluding carboxylic acids is 2. The van der Waals surface area contributed by atoms with E-state index in [9.17, 15) is 18.0 Å². The SMILES string of the molecule is Cc1nc(S(=O)(=O)NCCC(=O)OCC(=O)N(C)Cc2ccc(Cl)c(Cl)c2)cn1C. The smallest absolute Gasteiger partial charge is 0.307 e. The summed E-state index contributed by atoms with van der Waals surface area (Å²) in [6.45, 7) is 1.30. The molecule has 1 aromatic heterocycles. The summed E-state index contributed by atoms with van der Waals surface area (Å²) in [6.07, 6.45) is 1.15. The van der Waals surface area contributed by atoms with E-state index in [4.69, 9.17) is 27.9 Å². The number of imidazole rings is 1. The van der Waals surface area contributed by atoms with Gasteiger partial charge in [-0.1, -0.05) is 29.3 Å². The van der Waals surface area contributed by atoms with Crippen LogP contribution in [0.3, 0.4) is 0 Å². The van der Waals surface area contributed by atoms with Gasteiger partial charge in [0.25, 0.3) is 15.9 Å². The first-order valence-corrected chi connectivity index (χ1v) is 11.1. The molecule has 2 aromatic rings. The lowest BCUT2D eigenvalue weighted by molar-refractivity contribution is -0.151. The molecule has 0 spiro atoms. The Morgan fingerprint density at radius 2 is 1.97 bits per heavy atom. The van der Waals surface area contributed by atoms with Crippen molar-refractivity contribution in [2.75, 3.05) is 20.2 Å². The van der Waals surface area contributed by atoms with Crippen molar-refractivity contribution in [1.29, 1.82) is 0 Å². The number of likely N-dealkylation sites (N-methyl/N-ethyl adjacent to an activating group) is 1. The zero-order valence-corrected chi connectivity index (χ0v) is 19.0. The molecule has 0 unspecified atom stereocenters. The first kappa shape index (κ1) is 24.1. The van der Waals surface area contributed by atoms with Crippen LogP contribution in [0.15, 0.2) is 29.4 Å². The van der Waals surface area contributed by atoms with Crippen LogP contribution in [0.1, 0.15) is 17.8 Å². The second kappa shape index (κ2) is 10.3. The van der Waals surface area contributed by atoms with Crippen molar-refractivity contribution >= 4 is 45.1 Å². The molecule has 0 aliphatic carbocycles. The third-order valence-electron chi connectivity index (χ3n) is 4.17. The van der Waals surface area contributed by atoms with Crippen LogP contribution in [0, 0.1) is 6.92 Å².